The van der Waals surface area contributed by atoms with Gasteiger partial charge in [-0.25, -0.2) is 0 Å². The van der Waals surface area contributed by atoms with Crippen LogP contribution in [0.2, 0.25) is 0 Å². The van der Waals surface area contributed by atoms with Gasteiger partial charge in [0, 0.05) is 17.8 Å². The van der Waals surface area contributed by atoms with Crippen LogP contribution < -0.4 is 5.32 Å². The van der Waals surface area contributed by atoms with Crippen LogP contribution in [-0.2, 0) is 12.8 Å². The Morgan fingerprint density at radius 1 is 1.38 bits per heavy atom. The highest BCUT2D eigenvalue weighted by Crippen LogP contribution is 2.27. The zero-order valence-corrected chi connectivity index (χ0v) is 10.00. The second-order valence-corrected chi connectivity index (χ2v) is 5.49. The van der Waals surface area contributed by atoms with E-state index in [2.05, 4.69) is 22.4 Å². The third-order valence-electron chi connectivity index (χ3n) is 4.33. The van der Waals surface area contributed by atoms with Crippen molar-refractivity contribution in [1.29, 1.82) is 0 Å². The zero-order chi connectivity index (χ0) is 11.0. The number of H-pyrrole nitrogens is 1. The molecule has 16 heavy (non-hydrogen) atoms. The van der Waals surface area contributed by atoms with Crippen molar-refractivity contribution in [1.82, 2.24) is 15.5 Å². The van der Waals surface area contributed by atoms with Gasteiger partial charge in [-0.3, -0.25) is 5.10 Å². The molecule has 2 aliphatic carbocycles. The summed E-state index contributed by atoms with van der Waals surface area (Å²) in [7, 11) is 0. The molecule has 88 valence electrons. The number of nitrogens with zero attached hydrogens (tertiary/aromatic N) is 1. The Labute approximate surface area is 97.0 Å². The smallest absolute Gasteiger partial charge is 0.0522 e. The summed E-state index contributed by atoms with van der Waals surface area (Å²) in [5.74, 6) is 0.866. The fraction of sp³-hybridized carbons (Fsp3) is 0.769. The lowest BCUT2D eigenvalue weighted by molar-refractivity contribution is 0.348. The van der Waals surface area contributed by atoms with Crippen molar-refractivity contribution in [2.75, 3.05) is 0 Å². The Morgan fingerprint density at radius 2 is 2.31 bits per heavy atom. The summed E-state index contributed by atoms with van der Waals surface area (Å²) in [5.41, 5.74) is 2.78. The van der Waals surface area contributed by atoms with Gasteiger partial charge in [-0.1, -0.05) is 13.3 Å². The largest absolute Gasteiger partial charge is 0.311 e. The van der Waals surface area contributed by atoms with E-state index in [-0.39, 0.29) is 0 Å². The Hall–Kier alpha value is -0.830. The van der Waals surface area contributed by atoms with Gasteiger partial charge in [0.2, 0.25) is 0 Å². The maximum atomic E-state index is 4.13. The Morgan fingerprint density at radius 3 is 3.12 bits per heavy atom. The van der Waals surface area contributed by atoms with E-state index >= 15 is 0 Å². The van der Waals surface area contributed by atoms with Crippen LogP contribution in [0, 0.1) is 5.92 Å². The molecule has 0 spiro atoms. The molecule has 0 amide bonds. The monoisotopic (exact) mass is 219 g/mol. The van der Waals surface area contributed by atoms with Crippen molar-refractivity contribution in [2.45, 2.75) is 57.5 Å². The molecular weight excluding hydrogens is 198 g/mol. The summed E-state index contributed by atoms with van der Waals surface area (Å²) in [5, 5.41) is 11.1. The quantitative estimate of drug-likeness (QED) is 0.799. The summed E-state index contributed by atoms with van der Waals surface area (Å²) < 4.78 is 0. The first-order valence-corrected chi connectivity index (χ1v) is 6.60. The van der Waals surface area contributed by atoms with Crippen LogP contribution in [0.4, 0.5) is 0 Å². The van der Waals surface area contributed by atoms with Crippen molar-refractivity contribution < 1.29 is 0 Å². The van der Waals surface area contributed by atoms with Crippen LogP contribution in [0.1, 0.15) is 43.9 Å². The molecule has 0 saturated heterocycles. The molecule has 0 radical (unpaired) electrons. The van der Waals surface area contributed by atoms with Crippen LogP contribution in [-0.4, -0.2) is 22.3 Å². The molecule has 1 aromatic rings. The van der Waals surface area contributed by atoms with Crippen LogP contribution in [0.5, 0.6) is 0 Å². The van der Waals surface area contributed by atoms with Crippen LogP contribution in [0.25, 0.3) is 0 Å². The molecular formula is C13H21N3. The highest BCUT2D eigenvalue weighted by Gasteiger charge is 2.27. The van der Waals surface area contributed by atoms with E-state index in [9.17, 15) is 0 Å². The number of nitrogens with one attached hydrogen (secondary N) is 2. The lowest BCUT2D eigenvalue weighted by atomic mass is 9.92. The van der Waals surface area contributed by atoms with Gasteiger partial charge in [-0.05, 0) is 43.6 Å². The summed E-state index contributed by atoms with van der Waals surface area (Å²) in [6, 6.07) is 1.44. The van der Waals surface area contributed by atoms with Gasteiger partial charge < -0.3 is 5.32 Å². The van der Waals surface area contributed by atoms with Crippen LogP contribution >= 0.6 is 0 Å². The first-order chi connectivity index (χ1) is 7.83. The van der Waals surface area contributed by atoms with Crippen LogP contribution in [0.15, 0.2) is 6.20 Å². The molecule has 0 bridgehead atoms. The van der Waals surface area contributed by atoms with Gasteiger partial charge >= 0.3 is 0 Å². The summed E-state index contributed by atoms with van der Waals surface area (Å²) in [6.45, 7) is 2.39. The van der Waals surface area contributed by atoms with Crippen molar-refractivity contribution in [3.63, 3.8) is 0 Å². The van der Waals surface area contributed by atoms with Gasteiger partial charge in [0.25, 0.3) is 0 Å². The van der Waals surface area contributed by atoms with Crippen molar-refractivity contribution in [3.05, 3.63) is 17.5 Å². The minimum Gasteiger partial charge on any atom is -0.311 e. The predicted molar refractivity (Wildman–Crippen MR) is 64.3 cm³/mol. The molecule has 0 aromatic carbocycles. The average Bonchev–Trinajstić information content (AvgIpc) is 2.88. The van der Waals surface area contributed by atoms with Gasteiger partial charge in [-0.15, -0.1) is 0 Å². The Kier molecular flexibility index (Phi) is 2.72. The highest BCUT2D eigenvalue weighted by atomic mass is 15.1. The molecule has 1 aromatic heterocycles. The normalized spacial score (nSPS) is 33.9. The summed E-state index contributed by atoms with van der Waals surface area (Å²) in [6.07, 6.45) is 9.77. The standard InChI is InChI=1S/C13H21N3/c1-9-3-2-4-12(9)15-11-5-6-13-10(7-11)8-14-16-13/h8-9,11-12,15H,2-7H2,1H3,(H,14,16). The third kappa shape index (κ3) is 1.88. The SMILES string of the molecule is CC1CCCC1NC1CCc2[nH]ncc2C1. The highest BCUT2D eigenvalue weighted by molar-refractivity contribution is 5.21. The molecule has 1 heterocycles. The van der Waals surface area contributed by atoms with E-state index in [0.29, 0.717) is 6.04 Å². The number of fused-ring (bicyclic) bond motifs is 1. The van der Waals surface area contributed by atoms with Gasteiger partial charge in [0.15, 0.2) is 0 Å². The second kappa shape index (κ2) is 4.21. The number of aromatic nitrogens is 2. The molecule has 3 rings (SSSR count). The lowest BCUT2D eigenvalue weighted by Gasteiger charge is -2.28. The Bertz CT molecular complexity index is 358. The van der Waals surface area contributed by atoms with E-state index in [1.54, 1.807) is 0 Å². The first kappa shape index (κ1) is 10.3. The third-order valence-corrected chi connectivity index (χ3v) is 4.33. The molecule has 1 saturated carbocycles. The molecule has 3 nitrogen and oxygen atoms in total. The molecule has 3 heteroatoms. The minimum atomic E-state index is 0.677. The predicted octanol–water partition coefficient (Wildman–Crippen LogP) is 2.05. The van der Waals surface area contributed by atoms with E-state index in [1.165, 1.54) is 36.9 Å². The summed E-state index contributed by atoms with van der Waals surface area (Å²) in [4.78, 5) is 0. The summed E-state index contributed by atoms with van der Waals surface area (Å²) >= 11 is 0. The second-order valence-electron chi connectivity index (χ2n) is 5.49. The number of aromatic amines is 1. The van der Waals surface area contributed by atoms with E-state index in [0.717, 1.165) is 24.8 Å². The average molecular weight is 219 g/mol. The lowest BCUT2D eigenvalue weighted by Crippen LogP contribution is -2.42. The van der Waals surface area contributed by atoms with Crippen LogP contribution in [0.3, 0.4) is 0 Å². The number of aryl methyl sites for hydroxylation is 1. The fourth-order valence-electron chi connectivity index (χ4n) is 3.25. The number of hydrogen-bond donors (Lipinski definition) is 2. The Balaban J connectivity index is 1.61. The molecule has 2 N–H and O–H groups in total. The minimum absolute atomic E-state index is 0.677. The molecule has 3 atom stereocenters. The zero-order valence-electron chi connectivity index (χ0n) is 10.00. The molecule has 3 unspecified atom stereocenters. The van der Waals surface area contributed by atoms with Crippen molar-refractivity contribution in [2.24, 2.45) is 5.92 Å². The topological polar surface area (TPSA) is 40.7 Å². The number of hydrogen-bond acceptors (Lipinski definition) is 2. The van der Waals surface area contributed by atoms with E-state index in [1.807, 2.05) is 6.20 Å². The van der Waals surface area contributed by atoms with Gasteiger partial charge in [0.1, 0.15) is 0 Å². The molecule has 1 fully saturated rings. The first-order valence-electron chi connectivity index (χ1n) is 6.60. The fourth-order valence-corrected chi connectivity index (χ4v) is 3.25. The number of rotatable bonds is 2. The van der Waals surface area contributed by atoms with E-state index in [4.69, 9.17) is 0 Å². The van der Waals surface area contributed by atoms with Crippen molar-refractivity contribution in [3.8, 4) is 0 Å². The molecule has 2 aliphatic rings. The molecule has 0 aliphatic heterocycles. The van der Waals surface area contributed by atoms with Crippen molar-refractivity contribution >= 4 is 0 Å². The maximum Gasteiger partial charge on any atom is 0.0522 e. The maximum absolute atomic E-state index is 4.13. The van der Waals surface area contributed by atoms with Gasteiger partial charge in [0.05, 0.1) is 6.20 Å². The van der Waals surface area contributed by atoms with E-state index < -0.39 is 0 Å². The van der Waals surface area contributed by atoms with Gasteiger partial charge in [-0.2, -0.15) is 5.10 Å².